The van der Waals surface area contributed by atoms with Crippen LogP contribution in [-0.4, -0.2) is 18.0 Å². The molecule has 1 aromatic carbocycles. The highest BCUT2D eigenvalue weighted by Crippen LogP contribution is 2.34. The van der Waals surface area contributed by atoms with Gasteiger partial charge in [-0.2, -0.15) is 13.2 Å². The summed E-state index contributed by atoms with van der Waals surface area (Å²) in [5, 5.41) is 6.18. The lowest BCUT2D eigenvalue weighted by Gasteiger charge is -2.28. The molecule has 126 valence electrons. The first-order valence-corrected chi connectivity index (χ1v) is 8.05. The number of alkyl halides is 3. The van der Waals surface area contributed by atoms with Crippen LogP contribution in [-0.2, 0) is 11.0 Å². The monoisotopic (exact) mass is 326 g/mol. The van der Waals surface area contributed by atoms with Crippen molar-refractivity contribution in [1.82, 2.24) is 5.32 Å². The Labute approximate surface area is 133 Å². The standard InChI is InChI=1S/C17H21F3N2O/c1-10-2-3-12(17(18,19)20)9-15(10)22-16(23)8-11-6-13-4-5-14(7-11)21-13/h2-3,9,11,13-14,21H,4-8H2,1H3,(H,22,23). The van der Waals surface area contributed by atoms with Crippen LogP contribution in [0.2, 0.25) is 0 Å². The van der Waals surface area contributed by atoms with Crippen LogP contribution in [0.5, 0.6) is 0 Å². The summed E-state index contributed by atoms with van der Waals surface area (Å²) >= 11 is 0. The second-order valence-electron chi connectivity index (χ2n) is 6.76. The number of carbonyl (C=O) groups excluding carboxylic acids is 1. The van der Waals surface area contributed by atoms with E-state index in [-0.39, 0.29) is 11.6 Å². The van der Waals surface area contributed by atoms with E-state index in [0.29, 0.717) is 30.0 Å². The topological polar surface area (TPSA) is 41.1 Å². The van der Waals surface area contributed by atoms with E-state index < -0.39 is 11.7 Å². The highest BCUT2D eigenvalue weighted by atomic mass is 19.4. The average Bonchev–Trinajstić information content (AvgIpc) is 2.79. The van der Waals surface area contributed by atoms with Gasteiger partial charge in [-0.05, 0) is 56.2 Å². The van der Waals surface area contributed by atoms with Crippen molar-refractivity contribution in [3.63, 3.8) is 0 Å². The van der Waals surface area contributed by atoms with Crippen molar-refractivity contribution < 1.29 is 18.0 Å². The van der Waals surface area contributed by atoms with Gasteiger partial charge in [0.15, 0.2) is 0 Å². The molecule has 2 aliphatic heterocycles. The van der Waals surface area contributed by atoms with Crippen molar-refractivity contribution in [2.45, 2.75) is 57.3 Å². The number of carbonyl (C=O) groups is 1. The lowest BCUT2D eigenvalue weighted by atomic mass is 9.89. The molecule has 0 aromatic heterocycles. The molecule has 1 amide bonds. The Hall–Kier alpha value is -1.56. The van der Waals surface area contributed by atoms with Crippen LogP contribution in [0.25, 0.3) is 0 Å². The number of aryl methyl sites for hydroxylation is 1. The third-order valence-corrected chi connectivity index (χ3v) is 4.88. The van der Waals surface area contributed by atoms with Gasteiger partial charge in [0.25, 0.3) is 0 Å². The number of nitrogens with one attached hydrogen (secondary N) is 2. The van der Waals surface area contributed by atoms with E-state index in [2.05, 4.69) is 10.6 Å². The van der Waals surface area contributed by atoms with Crippen LogP contribution in [0.4, 0.5) is 18.9 Å². The second-order valence-corrected chi connectivity index (χ2v) is 6.76. The normalized spacial score (nSPS) is 27.0. The number of piperidine rings is 1. The van der Waals surface area contributed by atoms with Crippen molar-refractivity contribution in [1.29, 1.82) is 0 Å². The zero-order chi connectivity index (χ0) is 16.6. The predicted octanol–water partition coefficient (Wildman–Crippen LogP) is 3.87. The summed E-state index contributed by atoms with van der Waals surface area (Å²) in [4.78, 5) is 12.2. The molecule has 2 N–H and O–H groups in total. The Morgan fingerprint density at radius 3 is 2.52 bits per heavy atom. The summed E-state index contributed by atoms with van der Waals surface area (Å²) in [5.74, 6) is 0.124. The Balaban J connectivity index is 1.63. The molecule has 0 radical (unpaired) electrons. The highest BCUT2D eigenvalue weighted by Gasteiger charge is 2.34. The van der Waals surface area contributed by atoms with E-state index in [9.17, 15) is 18.0 Å². The summed E-state index contributed by atoms with van der Waals surface area (Å²) < 4.78 is 38.3. The van der Waals surface area contributed by atoms with E-state index in [1.165, 1.54) is 6.07 Å². The van der Waals surface area contributed by atoms with E-state index in [4.69, 9.17) is 0 Å². The number of anilines is 1. The van der Waals surface area contributed by atoms with E-state index in [1.54, 1.807) is 6.92 Å². The fourth-order valence-electron chi connectivity index (χ4n) is 3.74. The first-order valence-electron chi connectivity index (χ1n) is 8.05. The summed E-state index contributed by atoms with van der Waals surface area (Å²) in [7, 11) is 0. The largest absolute Gasteiger partial charge is 0.416 e. The second kappa shape index (κ2) is 6.15. The van der Waals surface area contributed by atoms with Gasteiger partial charge < -0.3 is 10.6 Å². The first-order chi connectivity index (χ1) is 10.8. The Kier molecular flexibility index (Phi) is 4.36. The predicted molar refractivity (Wildman–Crippen MR) is 82.1 cm³/mol. The summed E-state index contributed by atoms with van der Waals surface area (Å²) in [6.45, 7) is 1.69. The van der Waals surface area contributed by atoms with Crippen LogP contribution >= 0.6 is 0 Å². The first kappa shape index (κ1) is 16.3. The molecule has 2 atom stereocenters. The van der Waals surface area contributed by atoms with Crippen molar-refractivity contribution in [2.24, 2.45) is 5.92 Å². The minimum Gasteiger partial charge on any atom is -0.326 e. The maximum Gasteiger partial charge on any atom is 0.416 e. The average molecular weight is 326 g/mol. The van der Waals surface area contributed by atoms with E-state index >= 15 is 0 Å². The van der Waals surface area contributed by atoms with Crippen LogP contribution < -0.4 is 10.6 Å². The van der Waals surface area contributed by atoms with Gasteiger partial charge in [0.2, 0.25) is 5.91 Å². The fraction of sp³-hybridized carbons (Fsp3) is 0.588. The zero-order valence-electron chi connectivity index (χ0n) is 13.0. The van der Waals surface area contributed by atoms with Gasteiger partial charge in [-0.25, -0.2) is 0 Å². The maximum atomic E-state index is 12.8. The molecular formula is C17H21F3N2O. The number of fused-ring (bicyclic) bond motifs is 2. The molecule has 3 nitrogen and oxygen atoms in total. The van der Waals surface area contributed by atoms with Crippen LogP contribution in [0, 0.1) is 12.8 Å². The molecule has 2 saturated heterocycles. The zero-order valence-corrected chi connectivity index (χ0v) is 13.0. The molecule has 2 unspecified atom stereocenters. The van der Waals surface area contributed by atoms with Gasteiger partial charge in [0.05, 0.1) is 5.56 Å². The van der Waals surface area contributed by atoms with Crippen molar-refractivity contribution in [2.75, 3.05) is 5.32 Å². The van der Waals surface area contributed by atoms with E-state index in [1.807, 2.05) is 0 Å². The molecule has 0 aliphatic carbocycles. The third kappa shape index (κ3) is 3.86. The molecule has 3 rings (SSSR count). The fourth-order valence-corrected chi connectivity index (χ4v) is 3.74. The number of benzene rings is 1. The van der Waals surface area contributed by atoms with Crippen molar-refractivity contribution >= 4 is 11.6 Å². The molecule has 6 heteroatoms. The van der Waals surface area contributed by atoms with Gasteiger partial charge in [0, 0.05) is 24.2 Å². The Morgan fingerprint density at radius 1 is 1.26 bits per heavy atom. The lowest BCUT2D eigenvalue weighted by Crippen LogP contribution is -2.39. The Morgan fingerprint density at radius 2 is 1.91 bits per heavy atom. The third-order valence-electron chi connectivity index (χ3n) is 4.88. The molecule has 2 aliphatic rings. The summed E-state index contributed by atoms with van der Waals surface area (Å²) in [6.07, 6.45) is 0.258. The number of halogens is 3. The molecule has 2 fully saturated rings. The van der Waals surface area contributed by atoms with Crippen LogP contribution in [0.15, 0.2) is 18.2 Å². The van der Waals surface area contributed by atoms with Crippen LogP contribution in [0.1, 0.15) is 43.2 Å². The molecule has 2 heterocycles. The number of amides is 1. The summed E-state index contributed by atoms with van der Waals surface area (Å²) in [6, 6.07) is 4.45. The molecule has 2 bridgehead atoms. The van der Waals surface area contributed by atoms with Crippen molar-refractivity contribution in [3.8, 4) is 0 Å². The van der Waals surface area contributed by atoms with Gasteiger partial charge in [-0.15, -0.1) is 0 Å². The van der Waals surface area contributed by atoms with E-state index in [0.717, 1.165) is 37.8 Å². The minimum absolute atomic E-state index is 0.196. The number of rotatable bonds is 3. The molecule has 23 heavy (non-hydrogen) atoms. The quantitative estimate of drug-likeness (QED) is 0.885. The number of hydrogen-bond acceptors (Lipinski definition) is 2. The minimum atomic E-state index is -4.40. The van der Waals surface area contributed by atoms with Crippen LogP contribution in [0.3, 0.4) is 0 Å². The smallest absolute Gasteiger partial charge is 0.326 e. The van der Waals surface area contributed by atoms with Gasteiger partial charge in [-0.3, -0.25) is 4.79 Å². The van der Waals surface area contributed by atoms with Gasteiger partial charge in [-0.1, -0.05) is 6.07 Å². The molecular weight excluding hydrogens is 305 g/mol. The SMILES string of the molecule is Cc1ccc(C(F)(F)F)cc1NC(=O)CC1CC2CCC(C1)N2. The Bertz CT molecular complexity index is 588. The van der Waals surface area contributed by atoms with Gasteiger partial charge in [0.1, 0.15) is 0 Å². The van der Waals surface area contributed by atoms with Gasteiger partial charge >= 0.3 is 6.18 Å². The highest BCUT2D eigenvalue weighted by molar-refractivity contribution is 5.91. The summed E-state index contributed by atoms with van der Waals surface area (Å²) in [5.41, 5.74) is 0.150. The molecule has 0 saturated carbocycles. The number of hydrogen-bond donors (Lipinski definition) is 2. The van der Waals surface area contributed by atoms with Crippen molar-refractivity contribution in [3.05, 3.63) is 29.3 Å². The molecule has 1 aromatic rings. The lowest BCUT2D eigenvalue weighted by molar-refractivity contribution is -0.137. The molecule has 0 spiro atoms. The maximum absolute atomic E-state index is 12.8.